The zero-order chi connectivity index (χ0) is 13.3. The number of hydrogen-bond donors (Lipinski definition) is 0. The largest absolute Gasteiger partial charge is 0.440 e. The lowest BCUT2D eigenvalue weighted by Gasteiger charge is -2.20. The Bertz CT molecular complexity index is 623. The first-order chi connectivity index (χ1) is 9.14. The molecule has 0 bridgehead atoms. The summed E-state index contributed by atoms with van der Waals surface area (Å²) in [4.78, 5) is 8.43. The van der Waals surface area contributed by atoms with Crippen molar-refractivity contribution in [2.45, 2.75) is 19.2 Å². The molecule has 3 rings (SSSR count). The van der Waals surface area contributed by atoms with Crippen LogP contribution in [0, 0.1) is 0 Å². The smallest absolute Gasteiger partial charge is 0.251 e. The second kappa shape index (κ2) is 4.46. The maximum atomic E-state index is 14.4. The van der Waals surface area contributed by atoms with Crippen LogP contribution in [0.4, 0.5) is 10.1 Å². The number of alkyl halides is 1. The maximum absolute atomic E-state index is 14.4. The summed E-state index contributed by atoms with van der Waals surface area (Å²) in [7, 11) is 0. The SMILES string of the molecule is CC1(F)Cc2cnccc2N=C(c2ccccc2)O1. The van der Waals surface area contributed by atoms with E-state index in [0.717, 1.165) is 11.1 Å². The Balaban J connectivity index is 2.12. The van der Waals surface area contributed by atoms with Gasteiger partial charge in [0, 0.05) is 36.9 Å². The minimum Gasteiger partial charge on any atom is -0.440 e. The Morgan fingerprint density at radius 2 is 2.00 bits per heavy atom. The van der Waals surface area contributed by atoms with Crippen LogP contribution in [0.2, 0.25) is 0 Å². The monoisotopic (exact) mass is 256 g/mol. The molecule has 2 heterocycles. The van der Waals surface area contributed by atoms with Crippen LogP contribution in [0.1, 0.15) is 18.1 Å². The molecule has 1 aromatic carbocycles. The van der Waals surface area contributed by atoms with Crippen LogP contribution in [0.15, 0.2) is 53.8 Å². The molecule has 96 valence electrons. The van der Waals surface area contributed by atoms with Gasteiger partial charge in [-0.2, -0.15) is 4.39 Å². The molecule has 0 spiro atoms. The molecule has 0 aliphatic carbocycles. The van der Waals surface area contributed by atoms with Crippen LogP contribution in [0.3, 0.4) is 0 Å². The minimum absolute atomic E-state index is 0.135. The maximum Gasteiger partial charge on any atom is 0.251 e. The van der Waals surface area contributed by atoms with Crippen molar-refractivity contribution in [1.29, 1.82) is 0 Å². The molecule has 0 saturated carbocycles. The summed E-state index contributed by atoms with van der Waals surface area (Å²) in [6.07, 6.45) is 3.41. The lowest BCUT2D eigenvalue weighted by atomic mass is 10.1. The summed E-state index contributed by atoms with van der Waals surface area (Å²) in [6.45, 7) is 1.41. The average Bonchev–Trinajstić information content (AvgIpc) is 2.54. The molecule has 0 fully saturated rings. The summed E-state index contributed by atoms with van der Waals surface area (Å²) >= 11 is 0. The van der Waals surface area contributed by atoms with Crippen LogP contribution >= 0.6 is 0 Å². The fraction of sp³-hybridized carbons (Fsp3) is 0.200. The summed E-state index contributed by atoms with van der Waals surface area (Å²) in [5.74, 6) is -1.49. The lowest BCUT2D eigenvalue weighted by molar-refractivity contribution is -0.0528. The molecule has 1 unspecified atom stereocenters. The number of aliphatic imine (C=N–C) groups is 1. The molecule has 0 saturated heterocycles. The van der Waals surface area contributed by atoms with Crippen LogP contribution in [-0.2, 0) is 11.2 Å². The summed E-state index contributed by atoms with van der Waals surface area (Å²) < 4.78 is 19.8. The van der Waals surface area contributed by atoms with Crippen molar-refractivity contribution in [3.05, 3.63) is 59.9 Å². The van der Waals surface area contributed by atoms with Gasteiger partial charge >= 0.3 is 0 Å². The molecule has 4 heteroatoms. The topological polar surface area (TPSA) is 34.5 Å². The molecule has 3 nitrogen and oxygen atoms in total. The number of ether oxygens (including phenoxy) is 1. The number of rotatable bonds is 1. The van der Waals surface area contributed by atoms with E-state index in [2.05, 4.69) is 9.98 Å². The molecule has 1 aliphatic rings. The number of aromatic nitrogens is 1. The summed E-state index contributed by atoms with van der Waals surface area (Å²) in [5.41, 5.74) is 2.21. The van der Waals surface area contributed by atoms with Crippen LogP contribution < -0.4 is 0 Å². The van der Waals surface area contributed by atoms with E-state index in [0.29, 0.717) is 11.6 Å². The highest BCUT2D eigenvalue weighted by Crippen LogP contribution is 2.31. The lowest BCUT2D eigenvalue weighted by Crippen LogP contribution is -2.28. The van der Waals surface area contributed by atoms with E-state index in [4.69, 9.17) is 4.74 Å². The molecule has 0 amide bonds. The van der Waals surface area contributed by atoms with Gasteiger partial charge in [0.05, 0.1) is 5.69 Å². The van der Waals surface area contributed by atoms with Gasteiger partial charge in [-0.3, -0.25) is 4.98 Å². The van der Waals surface area contributed by atoms with Gasteiger partial charge in [-0.25, -0.2) is 4.99 Å². The van der Waals surface area contributed by atoms with Gasteiger partial charge < -0.3 is 4.74 Å². The third-order valence-corrected chi connectivity index (χ3v) is 2.94. The minimum atomic E-state index is -1.79. The normalized spacial score (nSPS) is 21.9. The molecule has 2 aromatic rings. The molecule has 0 N–H and O–H groups in total. The van der Waals surface area contributed by atoms with Crippen LogP contribution in [0.5, 0.6) is 0 Å². The third kappa shape index (κ3) is 2.47. The molecule has 19 heavy (non-hydrogen) atoms. The van der Waals surface area contributed by atoms with Gasteiger partial charge in [0.2, 0.25) is 5.90 Å². The number of pyridine rings is 1. The Morgan fingerprint density at radius 3 is 2.79 bits per heavy atom. The highest BCUT2D eigenvalue weighted by molar-refractivity contribution is 5.96. The number of nitrogens with zero attached hydrogens (tertiary/aromatic N) is 2. The summed E-state index contributed by atoms with van der Waals surface area (Å²) in [5, 5.41) is 0. The van der Waals surface area contributed by atoms with Crippen molar-refractivity contribution >= 4 is 11.6 Å². The van der Waals surface area contributed by atoms with Crippen molar-refractivity contribution in [3.8, 4) is 0 Å². The Kier molecular flexibility index (Phi) is 2.78. The molecule has 1 aliphatic heterocycles. The van der Waals surface area contributed by atoms with E-state index in [1.54, 1.807) is 18.5 Å². The van der Waals surface area contributed by atoms with Crippen molar-refractivity contribution in [3.63, 3.8) is 0 Å². The van der Waals surface area contributed by atoms with E-state index in [1.807, 2.05) is 30.3 Å². The average molecular weight is 256 g/mol. The number of fused-ring (bicyclic) bond motifs is 1. The van der Waals surface area contributed by atoms with Gasteiger partial charge in [0.1, 0.15) is 0 Å². The Labute approximate surface area is 110 Å². The quantitative estimate of drug-likeness (QED) is 0.783. The highest BCUT2D eigenvalue weighted by atomic mass is 19.2. The van der Waals surface area contributed by atoms with E-state index < -0.39 is 5.85 Å². The van der Waals surface area contributed by atoms with Gasteiger partial charge in [0.15, 0.2) is 0 Å². The van der Waals surface area contributed by atoms with Gasteiger partial charge in [-0.1, -0.05) is 18.2 Å². The second-order valence-corrected chi connectivity index (χ2v) is 4.67. The molecular weight excluding hydrogens is 243 g/mol. The van der Waals surface area contributed by atoms with E-state index in [-0.39, 0.29) is 6.42 Å². The Morgan fingerprint density at radius 1 is 1.21 bits per heavy atom. The summed E-state index contributed by atoms with van der Waals surface area (Å²) in [6, 6.07) is 11.1. The van der Waals surface area contributed by atoms with Crippen molar-refractivity contribution in [2.24, 2.45) is 4.99 Å². The van der Waals surface area contributed by atoms with Crippen molar-refractivity contribution < 1.29 is 9.13 Å². The first-order valence-corrected chi connectivity index (χ1v) is 6.09. The first kappa shape index (κ1) is 11.8. The number of halogens is 1. The van der Waals surface area contributed by atoms with Crippen molar-refractivity contribution in [1.82, 2.24) is 4.98 Å². The number of benzene rings is 1. The molecule has 1 atom stereocenters. The zero-order valence-corrected chi connectivity index (χ0v) is 10.5. The molecular formula is C15H13FN2O. The highest BCUT2D eigenvalue weighted by Gasteiger charge is 2.31. The molecule has 1 aromatic heterocycles. The zero-order valence-electron chi connectivity index (χ0n) is 10.5. The molecule has 0 radical (unpaired) electrons. The van der Waals surface area contributed by atoms with Gasteiger partial charge in [-0.15, -0.1) is 0 Å². The standard InChI is InChI=1S/C15H13FN2O/c1-15(16)9-12-10-17-8-7-13(12)18-14(19-15)11-5-3-2-4-6-11/h2-8,10H,9H2,1H3. The van der Waals surface area contributed by atoms with Gasteiger partial charge in [0.25, 0.3) is 5.85 Å². The van der Waals surface area contributed by atoms with Crippen LogP contribution in [-0.4, -0.2) is 16.7 Å². The van der Waals surface area contributed by atoms with E-state index in [1.165, 1.54) is 6.92 Å². The number of hydrogen-bond acceptors (Lipinski definition) is 3. The van der Waals surface area contributed by atoms with E-state index >= 15 is 0 Å². The second-order valence-electron chi connectivity index (χ2n) is 4.67. The van der Waals surface area contributed by atoms with E-state index in [9.17, 15) is 4.39 Å². The predicted molar refractivity (Wildman–Crippen MR) is 71.2 cm³/mol. The fourth-order valence-electron chi connectivity index (χ4n) is 2.08. The fourth-order valence-corrected chi connectivity index (χ4v) is 2.08. The van der Waals surface area contributed by atoms with Crippen LogP contribution in [0.25, 0.3) is 0 Å². The third-order valence-electron chi connectivity index (χ3n) is 2.94. The predicted octanol–water partition coefficient (Wildman–Crippen LogP) is 3.42. The van der Waals surface area contributed by atoms with Crippen molar-refractivity contribution in [2.75, 3.05) is 0 Å². The van der Waals surface area contributed by atoms with Gasteiger partial charge in [-0.05, 0) is 18.2 Å². The first-order valence-electron chi connectivity index (χ1n) is 6.09. The Hall–Kier alpha value is -2.23.